The van der Waals surface area contributed by atoms with Gasteiger partial charge < -0.3 is 9.15 Å². The molecule has 0 atom stereocenters. The number of fused-ring (bicyclic) bond motifs is 1. The number of aromatic nitrogens is 2. The van der Waals surface area contributed by atoms with Crippen LogP contribution < -0.4 is 10.4 Å². The zero-order valence-electron chi connectivity index (χ0n) is 14.2. The molecule has 2 heterocycles. The lowest BCUT2D eigenvalue weighted by Crippen LogP contribution is -2.23. The van der Waals surface area contributed by atoms with Gasteiger partial charge in [0, 0.05) is 49.4 Å². The fourth-order valence-electron chi connectivity index (χ4n) is 2.66. The van der Waals surface area contributed by atoms with Crippen LogP contribution in [0, 0.1) is 6.92 Å². The molecule has 0 aliphatic carbocycles. The molecule has 6 heteroatoms. The van der Waals surface area contributed by atoms with E-state index >= 15 is 0 Å². The minimum Gasteiger partial charge on any atom is -0.492 e. The Morgan fingerprint density at radius 2 is 2.17 bits per heavy atom. The smallest absolute Gasteiger partial charge is 0.336 e. The Hall–Kier alpha value is -2.60. The molecule has 0 fully saturated rings. The monoisotopic (exact) mass is 327 g/mol. The third-order valence-electron chi connectivity index (χ3n) is 3.88. The number of hydrogen-bond acceptors (Lipinski definition) is 5. The molecule has 3 rings (SSSR count). The van der Waals surface area contributed by atoms with Crippen LogP contribution in [0.5, 0.6) is 5.75 Å². The first-order chi connectivity index (χ1) is 11.5. The van der Waals surface area contributed by atoms with E-state index in [1.165, 1.54) is 11.6 Å². The highest BCUT2D eigenvalue weighted by molar-refractivity contribution is 5.81. The van der Waals surface area contributed by atoms with Gasteiger partial charge in [0.15, 0.2) is 0 Å². The molecule has 0 radical (unpaired) electrons. The summed E-state index contributed by atoms with van der Waals surface area (Å²) in [7, 11) is 3.95. The van der Waals surface area contributed by atoms with Crippen LogP contribution in [0.3, 0.4) is 0 Å². The molecule has 3 aromatic rings. The normalized spacial score (nSPS) is 11.3. The van der Waals surface area contributed by atoms with E-state index in [0.29, 0.717) is 17.9 Å². The number of benzene rings is 1. The van der Waals surface area contributed by atoms with Crippen LogP contribution in [0.4, 0.5) is 0 Å². The Morgan fingerprint density at radius 3 is 2.92 bits per heavy atom. The first-order valence-electron chi connectivity index (χ1n) is 7.84. The minimum atomic E-state index is -0.339. The third-order valence-corrected chi connectivity index (χ3v) is 3.88. The number of likely N-dealkylation sites (N-methyl/N-ethyl adjacent to an activating group) is 1. The van der Waals surface area contributed by atoms with Gasteiger partial charge >= 0.3 is 5.63 Å². The molecule has 0 spiro atoms. The van der Waals surface area contributed by atoms with E-state index in [9.17, 15) is 4.79 Å². The van der Waals surface area contributed by atoms with E-state index in [1.54, 1.807) is 10.7 Å². The Balaban J connectivity index is 1.58. The number of hydrogen-bond donors (Lipinski definition) is 0. The van der Waals surface area contributed by atoms with E-state index < -0.39 is 0 Å². The molecule has 0 unspecified atom stereocenters. The van der Waals surface area contributed by atoms with Gasteiger partial charge in [0.1, 0.15) is 17.9 Å². The largest absolute Gasteiger partial charge is 0.492 e. The average molecular weight is 327 g/mol. The van der Waals surface area contributed by atoms with Crippen LogP contribution in [-0.4, -0.2) is 34.9 Å². The fraction of sp³-hybridized carbons (Fsp3) is 0.333. The second kappa shape index (κ2) is 6.88. The number of ether oxygens (including phenoxy) is 1. The zero-order chi connectivity index (χ0) is 17.1. The van der Waals surface area contributed by atoms with Crippen molar-refractivity contribution in [3.05, 3.63) is 58.2 Å². The summed E-state index contributed by atoms with van der Waals surface area (Å²) in [5, 5.41) is 5.09. The number of nitrogens with zero attached hydrogens (tertiary/aromatic N) is 3. The summed E-state index contributed by atoms with van der Waals surface area (Å²) in [6, 6.07) is 7.08. The van der Waals surface area contributed by atoms with Gasteiger partial charge in [0.25, 0.3) is 0 Å². The molecule has 1 aromatic carbocycles. The lowest BCUT2D eigenvalue weighted by Gasteiger charge is -2.16. The van der Waals surface area contributed by atoms with Crippen molar-refractivity contribution in [1.29, 1.82) is 0 Å². The van der Waals surface area contributed by atoms with Gasteiger partial charge in [-0.25, -0.2) is 4.79 Å². The highest BCUT2D eigenvalue weighted by Crippen LogP contribution is 2.22. The maximum absolute atomic E-state index is 11.5. The molecular formula is C18H21N3O3. The van der Waals surface area contributed by atoms with Crippen LogP contribution in [-0.2, 0) is 13.6 Å². The Labute approximate surface area is 140 Å². The topological polar surface area (TPSA) is 60.5 Å². The summed E-state index contributed by atoms with van der Waals surface area (Å²) in [6.45, 7) is 4.05. The van der Waals surface area contributed by atoms with Crippen molar-refractivity contribution >= 4 is 11.0 Å². The summed E-state index contributed by atoms with van der Waals surface area (Å²) in [5.74, 6) is 0.700. The zero-order valence-corrected chi connectivity index (χ0v) is 14.2. The van der Waals surface area contributed by atoms with Crippen molar-refractivity contribution in [2.75, 3.05) is 20.2 Å². The summed E-state index contributed by atoms with van der Waals surface area (Å²) in [6.07, 6.45) is 3.87. The van der Waals surface area contributed by atoms with Crippen LogP contribution in [0.15, 0.2) is 45.9 Å². The highest BCUT2D eigenvalue weighted by atomic mass is 16.5. The lowest BCUT2D eigenvalue weighted by molar-refractivity contribution is 0.233. The van der Waals surface area contributed by atoms with E-state index in [2.05, 4.69) is 10.00 Å². The lowest BCUT2D eigenvalue weighted by atomic mass is 10.1. The van der Waals surface area contributed by atoms with Gasteiger partial charge in [-0.15, -0.1) is 0 Å². The van der Waals surface area contributed by atoms with Crippen LogP contribution >= 0.6 is 0 Å². The van der Waals surface area contributed by atoms with Gasteiger partial charge in [-0.2, -0.15) is 5.10 Å². The molecule has 126 valence electrons. The minimum absolute atomic E-state index is 0.339. The second-order valence-electron chi connectivity index (χ2n) is 6.01. The van der Waals surface area contributed by atoms with Gasteiger partial charge in [-0.3, -0.25) is 9.58 Å². The molecule has 0 saturated heterocycles. The molecular weight excluding hydrogens is 306 g/mol. The van der Waals surface area contributed by atoms with Crippen molar-refractivity contribution in [3.63, 3.8) is 0 Å². The molecule has 0 aliphatic rings. The van der Waals surface area contributed by atoms with Crippen molar-refractivity contribution in [1.82, 2.24) is 14.7 Å². The molecule has 0 saturated carbocycles. The average Bonchev–Trinajstić information content (AvgIpc) is 2.91. The van der Waals surface area contributed by atoms with Gasteiger partial charge in [-0.1, -0.05) is 0 Å². The molecule has 6 nitrogen and oxygen atoms in total. The molecule has 2 aromatic heterocycles. The summed E-state index contributed by atoms with van der Waals surface area (Å²) in [5.41, 5.74) is 2.29. The quantitative estimate of drug-likeness (QED) is 0.650. The predicted octanol–water partition coefficient (Wildman–Crippen LogP) is 2.35. The Morgan fingerprint density at radius 1 is 1.33 bits per heavy atom. The van der Waals surface area contributed by atoms with Gasteiger partial charge in [0.2, 0.25) is 0 Å². The standard InChI is InChI=1S/C18H21N3O3/c1-13-8-18(22)24-17-9-15(4-5-16(13)17)23-7-6-20(2)11-14-10-19-21(3)12-14/h4-5,8-10,12H,6-7,11H2,1-3H3. The molecule has 0 N–H and O–H groups in total. The first kappa shape index (κ1) is 16.3. The van der Waals surface area contributed by atoms with Crippen molar-refractivity contribution in [2.24, 2.45) is 7.05 Å². The van der Waals surface area contributed by atoms with Gasteiger partial charge in [-0.05, 0) is 31.7 Å². The van der Waals surface area contributed by atoms with Gasteiger partial charge in [0.05, 0.1) is 6.20 Å². The van der Waals surface area contributed by atoms with Crippen molar-refractivity contribution in [3.8, 4) is 5.75 Å². The van der Waals surface area contributed by atoms with Crippen molar-refractivity contribution in [2.45, 2.75) is 13.5 Å². The van der Waals surface area contributed by atoms with Crippen LogP contribution in [0.2, 0.25) is 0 Å². The number of aryl methyl sites for hydroxylation is 2. The molecule has 0 amide bonds. The molecule has 0 bridgehead atoms. The fourth-order valence-corrected chi connectivity index (χ4v) is 2.66. The SMILES string of the molecule is Cc1cc(=O)oc2cc(OCCN(C)Cc3cnn(C)c3)ccc12. The maximum atomic E-state index is 11.5. The maximum Gasteiger partial charge on any atom is 0.336 e. The van der Waals surface area contributed by atoms with E-state index in [4.69, 9.17) is 9.15 Å². The summed E-state index contributed by atoms with van der Waals surface area (Å²) >= 11 is 0. The van der Waals surface area contributed by atoms with Crippen LogP contribution in [0.25, 0.3) is 11.0 Å². The predicted molar refractivity (Wildman–Crippen MR) is 92.3 cm³/mol. The third kappa shape index (κ3) is 3.83. The highest BCUT2D eigenvalue weighted by Gasteiger charge is 2.06. The van der Waals surface area contributed by atoms with E-state index in [0.717, 1.165) is 24.0 Å². The summed E-state index contributed by atoms with van der Waals surface area (Å²) < 4.78 is 12.8. The Bertz CT molecular complexity index is 898. The molecule has 0 aliphatic heterocycles. The van der Waals surface area contributed by atoms with Crippen molar-refractivity contribution < 1.29 is 9.15 Å². The first-order valence-corrected chi connectivity index (χ1v) is 7.84. The summed E-state index contributed by atoms with van der Waals surface area (Å²) in [4.78, 5) is 13.6. The van der Waals surface area contributed by atoms with E-state index in [-0.39, 0.29) is 5.63 Å². The second-order valence-corrected chi connectivity index (χ2v) is 6.01. The number of rotatable bonds is 6. The van der Waals surface area contributed by atoms with E-state index in [1.807, 2.05) is 45.5 Å². The molecule has 24 heavy (non-hydrogen) atoms. The Kier molecular flexibility index (Phi) is 4.66. The van der Waals surface area contributed by atoms with Crippen LogP contribution in [0.1, 0.15) is 11.1 Å².